The van der Waals surface area contributed by atoms with Crippen molar-refractivity contribution < 1.29 is 9.84 Å². The van der Waals surface area contributed by atoms with Crippen LogP contribution >= 0.6 is 0 Å². The highest BCUT2D eigenvalue weighted by molar-refractivity contribution is 6.15. The van der Waals surface area contributed by atoms with Gasteiger partial charge in [-0.15, -0.1) is 0 Å². The summed E-state index contributed by atoms with van der Waals surface area (Å²) in [5.74, 6) is -0.181. The Hall–Kier alpha value is -3.38. The minimum atomic E-state index is -0.422. The maximum atomic E-state index is 13.9. The predicted molar refractivity (Wildman–Crippen MR) is 166 cm³/mol. The maximum absolute atomic E-state index is 13.9. The highest BCUT2D eigenvalue weighted by Crippen LogP contribution is 2.36. The molecule has 0 amide bonds. The van der Waals surface area contributed by atoms with E-state index in [1.54, 1.807) is 18.2 Å². The Morgan fingerprint density at radius 1 is 0.810 bits per heavy atom. The Morgan fingerprint density at radius 3 is 2.17 bits per heavy atom. The van der Waals surface area contributed by atoms with Crippen molar-refractivity contribution in [2.24, 2.45) is 4.99 Å². The zero-order valence-electron chi connectivity index (χ0n) is 25.2. The van der Waals surface area contributed by atoms with Gasteiger partial charge in [0.05, 0.1) is 36.1 Å². The van der Waals surface area contributed by atoms with Crippen LogP contribution in [-0.2, 0) is 17.8 Å². The van der Waals surface area contributed by atoms with Gasteiger partial charge in [-0.2, -0.15) is 0 Å². The number of piperidine rings is 1. The van der Waals surface area contributed by atoms with Crippen molar-refractivity contribution in [2.75, 3.05) is 80.7 Å². The molecule has 2 aliphatic heterocycles. The summed E-state index contributed by atoms with van der Waals surface area (Å²) in [5.41, 5.74) is -0.501. The first kappa shape index (κ1) is 30.1. The van der Waals surface area contributed by atoms with E-state index in [4.69, 9.17) is 9.73 Å². The molecule has 0 saturated carbocycles. The summed E-state index contributed by atoms with van der Waals surface area (Å²) in [6, 6.07) is 4.95. The Balaban J connectivity index is 1.62. The fourth-order valence-electron chi connectivity index (χ4n) is 5.91. The average Bonchev–Trinajstić information content (AvgIpc) is 2.96. The second-order valence-corrected chi connectivity index (χ2v) is 11.8. The SMILES string of the molecule is CN(C)CCn1c(O)c2ccc3c4c2c(c(=NCCOCCN2CCCCC2)cc-4c(=O)n(CCN(C)C)c3=O)c1=O. The highest BCUT2D eigenvalue weighted by atomic mass is 16.5. The smallest absolute Gasteiger partial charge is 0.263 e. The van der Waals surface area contributed by atoms with Gasteiger partial charge in [0.2, 0.25) is 5.88 Å². The van der Waals surface area contributed by atoms with Gasteiger partial charge in [-0.1, -0.05) is 6.42 Å². The van der Waals surface area contributed by atoms with E-state index >= 15 is 0 Å². The van der Waals surface area contributed by atoms with E-state index in [0.29, 0.717) is 70.9 Å². The van der Waals surface area contributed by atoms with E-state index < -0.39 is 16.7 Å². The Labute approximate surface area is 244 Å². The van der Waals surface area contributed by atoms with Crippen molar-refractivity contribution in [3.05, 3.63) is 54.6 Å². The second-order valence-electron chi connectivity index (χ2n) is 11.8. The van der Waals surface area contributed by atoms with Crippen LogP contribution in [-0.4, -0.2) is 110 Å². The van der Waals surface area contributed by atoms with Crippen molar-refractivity contribution >= 4 is 21.5 Å². The van der Waals surface area contributed by atoms with Gasteiger partial charge in [0.25, 0.3) is 16.7 Å². The van der Waals surface area contributed by atoms with E-state index in [0.717, 1.165) is 19.6 Å². The molecule has 0 radical (unpaired) electrons. The molecule has 2 aromatic rings. The molecule has 3 heterocycles. The minimum absolute atomic E-state index is 0.181. The first-order valence-corrected chi connectivity index (χ1v) is 14.8. The van der Waals surface area contributed by atoms with Crippen LogP contribution in [0.5, 0.6) is 5.88 Å². The second kappa shape index (κ2) is 12.9. The fourth-order valence-corrected chi connectivity index (χ4v) is 5.91. The van der Waals surface area contributed by atoms with Gasteiger partial charge in [0.15, 0.2) is 0 Å². The maximum Gasteiger partial charge on any atom is 0.263 e. The van der Waals surface area contributed by atoms with Crippen LogP contribution < -0.4 is 22.0 Å². The van der Waals surface area contributed by atoms with Crippen LogP contribution in [0.4, 0.5) is 0 Å². The van der Waals surface area contributed by atoms with E-state index in [2.05, 4.69) is 4.90 Å². The van der Waals surface area contributed by atoms with Crippen LogP contribution in [0.1, 0.15) is 19.3 Å². The van der Waals surface area contributed by atoms with Gasteiger partial charge in [-0.3, -0.25) is 28.5 Å². The molecule has 226 valence electrons. The third-order valence-corrected chi connectivity index (χ3v) is 8.23. The largest absolute Gasteiger partial charge is 0.494 e. The third-order valence-electron chi connectivity index (χ3n) is 8.23. The van der Waals surface area contributed by atoms with Crippen LogP contribution in [0.25, 0.3) is 32.7 Å². The molecule has 0 spiro atoms. The highest BCUT2D eigenvalue weighted by Gasteiger charge is 2.26. The first-order chi connectivity index (χ1) is 20.2. The van der Waals surface area contributed by atoms with Crippen LogP contribution in [0.3, 0.4) is 0 Å². The Morgan fingerprint density at radius 2 is 1.48 bits per heavy atom. The number of likely N-dealkylation sites (N-methyl/N-ethyl adjacent to an activating group) is 2. The summed E-state index contributed by atoms with van der Waals surface area (Å²) < 4.78 is 8.48. The van der Waals surface area contributed by atoms with E-state index in [1.165, 1.54) is 28.4 Å². The molecular weight excluding hydrogens is 536 g/mol. The number of hydrogen-bond acceptors (Lipinski definition) is 9. The number of aromatic hydroxyl groups is 1. The molecular formula is C31H42N6O5. The molecule has 3 aliphatic rings. The quantitative estimate of drug-likeness (QED) is 0.195. The number of pyridine rings is 2. The number of aromatic nitrogens is 2. The molecule has 1 fully saturated rings. The van der Waals surface area contributed by atoms with Crippen LogP contribution in [0, 0.1) is 0 Å². The first-order valence-electron chi connectivity index (χ1n) is 14.8. The summed E-state index contributed by atoms with van der Waals surface area (Å²) in [7, 11) is 7.57. The van der Waals surface area contributed by atoms with Crippen LogP contribution in [0.15, 0.2) is 37.6 Å². The normalized spacial score (nSPS) is 15.4. The standard InChI is InChI=1S/C31H42N6O5/c1-33(2)13-15-36-28(38)21-8-9-22-26-25(21)23(30(36)40)20-24(27(26)31(41)37(29(22)39)16-14-34(3)4)32-10-18-42-19-17-35-11-6-5-7-12-35/h8-9,20,39H,5-7,10-19H2,1-4H3. The topological polar surface area (TPSA) is 113 Å². The van der Waals surface area contributed by atoms with Gasteiger partial charge in [0, 0.05) is 54.4 Å². The lowest BCUT2D eigenvalue weighted by Gasteiger charge is -2.26. The Kier molecular flexibility index (Phi) is 9.22. The molecule has 0 unspecified atom stereocenters. The molecule has 0 bridgehead atoms. The Bertz CT molecular complexity index is 1740. The monoisotopic (exact) mass is 578 g/mol. The molecule has 42 heavy (non-hydrogen) atoms. The lowest BCUT2D eigenvalue weighted by molar-refractivity contribution is 0.101. The summed E-state index contributed by atoms with van der Waals surface area (Å²) in [5, 5.41) is 13.1. The van der Waals surface area contributed by atoms with Gasteiger partial charge in [0.1, 0.15) is 0 Å². The summed E-state index contributed by atoms with van der Waals surface area (Å²) in [6.45, 7) is 5.98. The van der Waals surface area contributed by atoms with Crippen molar-refractivity contribution in [3.63, 3.8) is 0 Å². The van der Waals surface area contributed by atoms with E-state index in [9.17, 15) is 19.5 Å². The zero-order valence-corrected chi connectivity index (χ0v) is 25.2. The molecule has 1 aliphatic carbocycles. The fraction of sp³-hybridized carbons (Fsp3) is 0.548. The average molecular weight is 579 g/mol. The number of benzene rings is 2. The molecule has 1 aromatic heterocycles. The van der Waals surface area contributed by atoms with Crippen molar-refractivity contribution in [1.82, 2.24) is 23.8 Å². The van der Waals surface area contributed by atoms with Crippen molar-refractivity contribution in [3.8, 4) is 17.0 Å². The predicted octanol–water partition coefficient (Wildman–Crippen LogP) is 0.889. The lowest BCUT2D eigenvalue weighted by Crippen LogP contribution is -2.39. The number of hydrogen-bond donors (Lipinski definition) is 1. The molecule has 0 atom stereocenters. The van der Waals surface area contributed by atoms with Gasteiger partial charge >= 0.3 is 0 Å². The zero-order chi connectivity index (χ0) is 30.0. The molecule has 1 saturated heterocycles. The molecule has 11 nitrogen and oxygen atoms in total. The molecule has 1 N–H and O–H groups in total. The number of likely N-dealkylation sites (tertiary alicyclic amines) is 1. The minimum Gasteiger partial charge on any atom is -0.494 e. The van der Waals surface area contributed by atoms with Crippen molar-refractivity contribution in [1.29, 1.82) is 0 Å². The third kappa shape index (κ3) is 5.92. The number of rotatable bonds is 12. The van der Waals surface area contributed by atoms with Crippen molar-refractivity contribution in [2.45, 2.75) is 32.4 Å². The van der Waals surface area contributed by atoms with Gasteiger partial charge in [-0.25, -0.2) is 0 Å². The lowest BCUT2D eigenvalue weighted by atomic mass is 9.90. The van der Waals surface area contributed by atoms with Gasteiger partial charge < -0.3 is 24.5 Å². The van der Waals surface area contributed by atoms with Gasteiger partial charge in [-0.05, 0) is 72.3 Å². The molecule has 11 heteroatoms. The summed E-state index contributed by atoms with van der Waals surface area (Å²) in [4.78, 5) is 52.2. The van der Waals surface area contributed by atoms with E-state index in [1.807, 2.05) is 38.0 Å². The number of nitrogens with zero attached hydrogens (tertiary/aromatic N) is 6. The van der Waals surface area contributed by atoms with E-state index in [-0.39, 0.29) is 19.0 Å². The van der Waals surface area contributed by atoms with Crippen LogP contribution in [0.2, 0.25) is 0 Å². The molecule has 1 aromatic carbocycles. The summed E-state index contributed by atoms with van der Waals surface area (Å²) >= 11 is 0. The molecule has 5 rings (SSSR count). The number of ether oxygens (including phenoxy) is 1. The summed E-state index contributed by atoms with van der Waals surface area (Å²) in [6.07, 6.45) is 3.76.